The number of halogens is 2. The molecule has 10 heteroatoms. The molecule has 0 saturated heterocycles. The number of aromatic amines is 1. The molecule has 1 amide bonds. The molecule has 2 rings (SSSR count). The Hall–Kier alpha value is -2.49. The molecule has 0 aliphatic carbocycles. The van der Waals surface area contributed by atoms with Gasteiger partial charge in [0.25, 0.3) is 15.9 Å². The van der Waals surface area contributed by atoms with Crippen molar-refractivity contribution in [2.45, 2.75) is 11.8 Å². The Kier molecular flexibility index (Phi) is 3.64. The monoisotopic (exact) mass is 316 g/mol. The van der Waals surface area contributed by atoms with Gasteiger partial charge >= 0.3 is 0 Å². The Labute approximate surface area is 118 Å². The van der Waals surface area contributed by atoms with Crippen LogP contribution in [0, 0.1) is 18.6 Å². The van der Waals surface area contributed by atoms with E-state index in [1.54, 1.807) is 0 Å². The maximum atomic E-state index is 13.6. The van der Waals surface area contributed by atoms with Gasteiger partial charge in [-0.3, -0.25) is 14.6 Å². The molecule has 0 aliphatic heterocycles. The zero-order valence-corrected chi connectivity index (χ0v) is 11.5. The summed E-state index contributed by atoms with van der Waals surface area (Å²) in [7, 11) is -4.59. The molecule has 0 unspecified atom stereocenters. The van der Waals surface area contributed by atoms with Gasteiger partial charge in [0, 0.05) is 0 Å². The van der Waals surface area contributed by atoms with Crippen LogP contribution >= 0.6 is 0 Å². The lowest BCUT2D eigenvalue weighted by molar-refractivity contribution is 0.0996. The lowest BCUT2D eigenvalue weighted by atomic mass is 10.3. The fourth-order valence-corrected chi connectivity index (χ4v) is 2.93. The van der Waals surface area contributed by atoms with Crippen molar-refractivity contribution in [1.82, 2.24) is 10.2 Å². The number of sulfonamides is 1. The third kappa shape index (κ3) is 2.70. The summed E-state index contributed by atoms with van der Waals surface area (Å²) in [5.41, 5.74) is 4.57. The van der Waals surface area contributed by atoms with Crippen molar-refractivity contribution in [1.29, 1.82) is 0 Å². The van der Waals surface area contributed by atoms with Crippen molar-refractivity contribution in [3.8, 4) is 0 Å². The van der Waals surface area contributed by atoms with Gasteiger partial charge in [-0.1, -0.05) is 6.07 Å². The van der Waals surface area contributed by atoms with Gasteiger partial charge in [-0.25, -0.2) is 17.2 Å². The smallest absolute Gasteiger partial charge is 0.271 e. The molecular weight excluding hydrogens is 306 g/mol. The Morgan fingerprint density at radius 1 is 1.33 bits per heavy atom. The third-order valence-electron chi connectivity index (χ3n) is 2.60. The van der Waals surface area contributed by atoms with Crippen LogP contribution < -0.4 is 10.5 Å². The fraction of sp³-hybridized carbons (Fsp3) is 0.0909. The van der Waals surface area contributed by atoms with E-state index in [-0.39, 0.29) is 17.1 Å². The molecule has 0 aliphatic rings. The third-order valence-corrected chi connectivity index (χ3v) is 4.01. The lowest BCUT2D eigenvalue weighted by Gasteiger charge is -2.09. The van der Waals surface area contributed by atoms with Gasteiger partial charge in [-0.15, -0.1) is 0 Å². The number of rotatable bonds is 4. The SMILES string of the molecule is Cc1[nH]nc(C(N)=O)c1NS(=O)(=O)c1c(F)cccc1F. The lowest BCUT2D eigenvalue weighted by Crippen LogP contribution is -2.20. The first-order chi connectivity index (χ1) is 9.74. The molecular formula is C11H10F2N4O3S. The second-order valence-electron chi connectivity index (χ2n) is 4.09. The number of nitrogens with zero attached hydrogens (tertiary/aromatic N) is 1. The van der Waals surface area contributed by atoms with Crippen molar-refractivity contribution >= 4 is 21.6 Å². The van der Waals surface area contributed by atoms with Crippen LogP contribution in [0.5, 0.6) is 0 Å². The van der Waals surface area contributed by atoms with Crippen LogP contribution in [0.2, 0.25) is 0 Å². The molecule has 0 fully saturated rings. The summed E-state index contributed by atoms with van der Waals surface area (Å²) in [5, 5.41) is 5.88. The predicted molar refractivity (Wildman–Crippen MR) is 69.0 cm³/mol. The molecule has 0 bridgehead atoms. The minimum atomic E-state index is -4.59. The standard InChI is InChI=1S/C11H10F2N4O3S/c1-5-8(9(11(14)18)16-15-5)17-21(19,20)10-6(12)3-2-4-7(10)13/h2-4,17H,1H3,(H2,14,18)(H,15,16). The summed E-state index contributed by atoms with van der Waals surface area (Å²) < 4.78 is 53.2. The van der Waals surface area contributed by atoms with Gasteiger partial charge in [0.15, 0.2) is 10.6 Å². The van der Waals surface area contributed by atoms with E-state index < -0.39 is 32.5 Å². The molecule has 0 saturated carbocycles. The number of anilines is 1. The quantitative estimate of drug-likeness (QED) is 0.776. The minimum absolute atomic E-state index is 0.170. The van der Waals surface area contributed by atoms with E-state index in [1.807, 2.05) is 4.72 Å². The molecule has 2 aromatic rings. The van der Waals surface area contributed by atoms with Gasteiger partial charge in [-0.2, -0.15) is 5.10 Å². The number of nitrogens with one attached hydrogen (secondary N) is 2. The summed E-state index contributed by atoms with van der Waals surface area (Å²) in [5.74, 6) is -3.51. The van der Waals surface area contributed by atoms with E-state index >= 15 is 0 Å². The Morgan fingerprint density at radius 2 is 1.90 bits per heavy atom. The highest BCUT2D eigenvalue weighted by atomic mass is 32.2. The van der Waals surface area contributed by atoms with Gasteiger partial charge in [0.1, 0.15) is 17.3 Å². The van der Waals surface area contributed by atoms with Gasteiger partial charge in [0.05, 0.1) is 5.69 Å². The largest absolute Gasteiger partial charge is 0.364 e. The summed E-state index contributed by atoms with van der Waals surface area (Å²) in [4.78, 5) is 10.00. The molecule has 112 valence electrons. The number of nitrogens with two attached hydrogens (primary N) is 1. The van der Waals surface area contributed by atoms with E-state index in [2.05, 4.69) is 10.2 Å². The number of aryl methyl sites for hydroxylation is 1. The van der Waals surface area contributed by atoms with Crippen molar-refractivity contribution in [3.05, 3.63) is 41.2 Å². The van der Waals surface area contributed by atoms with Crippen LogP contribution in [0.1, 0.15) is 16.2 Å². The highest BCUT2D eigenvalue weighted by Gasteiger charge is 2.27. The Balaban J connectivity index is 2.53. The highest BCUT2D eigenvalue weighted by molar-refractivity contribution is 7.92. The van der Waals surface area contributed by atoms with Crippen molar-refractivity contribution in [2.75, 3.05) is 4.72 Å². The Morgan fingerprint density at radius 3 is 2.43 bits per heavy atom. The van der Waals surface area contributed by atoms with E-state index in [9.17, 15) is 22.0 Å². The van der Waals surface area contributed by atoms with Gasteiger partial charge in [0.2, 0.25) is 0 Å². The number of amides is 1. The second-order valence-corrected chi connectivity index (χ2v) is 5.71. The number of primary amides is 1. The number of carbonyl (C=O) groups excluding carboxylic acids is 1. The molecule has 4 N–H and O–H groups in total. The van der Waals surface area contributed by atoms with Crippen LogP contribution in [0.4, 0.5) is 14.5 Å². The van der Waals surface area contributed by atoms with Crippen molar-refractivity contribution in [3.63, 3.8) is 0 Å². The molecule has 0 spiro atoms. The molecule has 0 atom stereocenters. The van der Waals surface area contributed by atoms with Crippen LogP contribution in [0.15, 0.2) is 23.1 Å². The second kappa shape index (κ2) is 5.13. The van der Waals surface area contributed by atoms with Crippen molar-refractivity contribution in [2.24, 2.45) is 5.73 Å². The number of benzene rings is 1. The van der Waals surface area contributed by atoms with E-state index in [1.165, 1.54) is 6.92 Å². The number of carbonyl (C=O) groups is 1. The molecule has 7 nitrogen and oxygen atoms in total. The number of hydrogen-bond donors (Lipinski definition) is 3. The summed E-state index contributed by atoms with van der Waals surface area (Å²) in [6.45, 7) is 1.41. The molecule has 21 heavy (non-hydrogen) atoms. The van der Waals surface area contributed by atoms with Crippen LogP contribution in [-0.4, -0.2) is 24.5 Å². The zero-order chi connectivity index (χ0) is 15.8. The fourth-order valence-electron chi connectivity index (χ4n) is 1.66. The van der Waals surface area contributed by atoms with Gasteiger partial charge in [-0.05, 0) is 19.1 Å². The van der Waals surface area contributed by atoms with E-state index in [0.29, 0.717) is 0 Å². The van der Waals surface area contributed by atoms with Crippen LogP contribution in [0.25, 0.3) is 0 Å². The number of H-pyrrole nitrogens is 1. The maximum absolute atomic E-state index is 13.6. The molecule has 1 heterocycles. The van der Waals surface area contributed by atoms with Crippen LogP contribution in [-0.2, 0) is 10.0 Å². The number of hydrogen-bond acceptors (Lipinski definition) is 4. The first-order valence-corrected chi connectivity index (χ1v) is 7.04. The molecule has 1 aromatic heterocycles. The first kappa shape index (κ1) is 14.9. The summed E-state index contributed by atoms with van der Waals surface area (Å²) >= 11 is 0. The zero-order valence-electron chi connectivity index (χ0n) is 10.6. The molecule has 0 radical (unpaired) electrons. The predicted octanol–water partition coefficient (Wildman–Crippen LogP) is 0.896. The normalized spacial score (nSPS) is 11.4. The number of aromatic nitrogens is 2. The minimum Gasteiger partial charge on any atom is -0.364 e. The van der Waals surface area contributed by atoms with Gasteiger partial charge < -0.3 is 5.73 Å². The topological polar surface area (TPSA) is 118 Å². The van der Waals surface area contributed by atoms with Crippen LogP contribution in [0.3, 0.4) is 0 Å². The van der Waals surface area contributed by atoms with E-state index in [4.69, 9.17) is 5.73 Å². The summed E-state index contributed by atoms with van der Waals surface area (Å²) in [6.07, 6.45) is 0. The molecule has 1 aromatic carbocycles. The first-order valence-electron chi connectivity index (χ1n) is 5.55. The average Bonchev–Trinajstić information content (AvgIpc) is 2.70. The summed E-state index contributed by atoms with van der Waals surface area (Å²) in [6, 6.07) is 2.63. The highest BCUT2D eigenvalue weighted by Crippen LogP contribution is 2.24. The van der Waals surface area contributed by atoms with E-state index in [0.717, 1.165) is 18.2 Å². The maximum Gasteiger partial charge on any atom is 0.271 e. The average molecular weight is 316 g/mol. The van der Waals surface area contributed by atoms with Crippen molar-refractivity contribution < 1.29 is 22.0 Å². The Bertz CT molecular complexity index is 797.